The van der Waals surface area contributed by atoms with Gasteiger partial charge in [-0.25, -0.2) is 8.42 Å². The van der Waals surface area contributed by atoms with Crippen molar-refractivity contribution in [2.75, 3.05) is 31.3 Å². The van der Waals surface area contributed by atoms with Crippen LogP contribution in [-0.4, -0.2) is 64.2 Å². The van der Waals surface area contributed by atoms with Crippen molar-refractivity contribution in [1.82, 2.24) is 10.2 Å². The third kappa shape index (κ3) is 8.93. The SMILES string of the molecule is CC[C@@H](C)NC(=O)[C@@H](CC)N(Cc1ccc(OC)cc1)C(=O)CCCN(c1cccc(OC)c1)S(C)(=O)=O. The van der Waals surface area contributed by atoms with Crippen LogP contribution in [0.5, 0.6) is 11.5 Å². The summed E-state index contributed by atoms with van der Waals surface area (Å²) in [7, 11) is -0.489. The van der Waals surface area contributed by atoms with Gasteiger partial charge in [0.25, 0.3) is 0 Å². The lowest BCUT2D eigenvalue weighted by molar-refractivity contribution is -0.141. The Bertz CT molecular complexity index is 1150. The first-order valence-corrected chi connectivity index (χ1v) is 14.7. The smallest absolute Gasteiger partial charge is 0.243 e. The Kier molecular flexibility index (Phi) is 11.9. The fourth-order valence-corrected chi connectivity index (χ4v) is 5.02. The molecular formula is C28H41N3O6S. The second-order valence-corrected chi connectivity index (χ2v) is 11.2. The molecule has 0 fully saturated rings. The predicted octanol–water partition coefficient (Wildman–Crippen LogP) is 3.97. The lowest BCUT2D eigenvalue weighted by Gasteiger charge is -2.32. The Labute approximate surface area is 227 Å². The van der Waals surface area contributed by atoms with Crippen molar-refractivity contribution < 1.29 is 27.5 Å². The Hall–Kier alpha value is -3.27. The van der Waals surface area contributed by atoms with E-state index in [0.29, 0.717) is 23.6 Å². The number of carbonyl (C=O) groups is 2. The Balaban J connectivity index is 2.24. The molecule has 0 spiro atoms. The molecule has 0 aliphatic heterocycles. The van der Waals surface area contributed by atoms with Crippen LogP contribution in [0.2, 0.25) is 0 Å². The number of carbonyl (C=O) groups excluding carboxylic acids is 2. The van der Waals surface area contributed by atoms with E-state index in [0.717, 1.165) is 18.2 Å². The quantitative estimate of drug-likeness (QED) is 0.362. The van der Waals surface area contributed by atoms with Crippen LogP contribution in [0, 0.1) is 0 Å². The maximum Gasteiger partial charge on any atom is 0.243 e. The van der Waals surface area contributed by atoms with Crippen molar-refractivity contribution in [3.05, 3.63) is 54.1 Å². The average molecular weight is 548 g/mol. The number of nitrogens with zero attached hydrogens (tertiary/aromatic N) is 2. The summed E-state index contributed by atoms with van der Waals surface area (Å²) in [6.07, 6.45) is 2.73. The minimum absolute atomic E-state index is 0.0133. The fourth-order valence-electron chi connectivity index (χ4n) is 4.06. The Morgan fingerprint density at radius 1 is 0.974 bits per heavy atom. The molecule has 0 radical (unpaired) electrons. The standard InChI is InChI=1S/C28H41N3O6S/c1-7-21(3)29-28(33)26(8-2)30(20-22-14-16-24(36-4)17-15-22)27(32)13-10-18-31(38(6,34)35)23-11-9-12-25(19-23)37-5/h9,11-12,14-17,19,21,26H,7-8,10,13,18,20H2,1-6H3,(H,29,33)/t21-,26-/m1/s1. The summed E-state index contributed by atoms with van der Waals surface area (Å²) in [5.74, 6) is 0.825. The molecule has 2 amide bonds. The van der Waals surface area contributed by atoms with E-state index in [9.17, 15) is 18.0 Å². The molecule has 0 aromatic heterocycles. The molecule has 2 rings (SSSR count). The normalized spacial score (nSPS) is 12.8. The number of amides is 2. The number of sulfonamides is 1. The molecule has 0 saturated carbocycles. The molecule has 2 aromatic carbocycles. The van der Waals surface area contributed by atoms with Crippen molar-refractivity contribution in [2.24, 2.45) is 0 Å². The van der Waals surface area contributed by atoms with Crippen LogP contribution in [0.1, 0.15) is 52.0 Å². The van der Waals surface area contributed by atoms with Gasteiger partial charge in [-0.3, -0.25) is 13.9 Å². The first-order chi connectivity index (χ1) is 18.0. The van der Waals surface area contributed by atoms with E-state index >= 15 is 0 Å². The summed E-state index contributed by atoms with van der Waals surface area (Å²) in [5.41, 5.74) is 1.33. The van der Waals surface area contributed by atoms with E-state index in [4.69, 9.17) is 9.47 Å². The third-order valence-corrected chi connectivity index (χ3v) is 7.59. The largest absolute Gasteiger partial charge is 0.497 e. The zero-order valence-corrected chi connectivity index (χ0v) is 24.1. The van der Waals surface area contributed by atoms with Crippen LogP contribution in [0.15, 0.2) is 48.5 Å². The van der Waals surface area contributed by atoms with Gasteiger partial charge in [0.1, 0.15) is 17.5 Å². The number of nitrogens with one attached hydrogen (secondary N) is 1. The number of benzene rings is 2. The van der Waals surface area contributed by atoms with Crippen LogP contribution in [0.4, 0.5) is 5.69 Å². The van der Waals surface area contributed by atoms with Gasteiger partial charge in [-0.15, -0.1) is 0 Å². The van der Waals surface area contributed by atoms with E-state index in [1.807, 2.05) is 45.0 Å². The highest BCUT2D eigenvalue weighted by Crippen LogP contribution is 2.24. The monoisotopic (exact) mass is 547 g/mol. The van der Waals surface area contributed by atoms with Gasteiger partial charge in [0.2, 0.25) is 21.8 Å². The first kappa shape index (κ1) is 31.0. The maximum absolute atomic E-state index is 13.5. The van der Waals surface area contributed by atoms with Gasteiger partial charge < -0.3 is 19.7 Å². The lowest BCUT2D eigenvalue weighted by Crippen LogP contribution is -2.50. The second kappa shape index (κ2) is 14.6. The maximum atomic E-state index is 13.5. The van der Waals surface area contributed by atoms with Crippen LogP contribution < -0.4 is 19.1 Å². The molecule has 0 bridgehead atoms. The topological polar surface area (TPSA) is 105 Å². The van der Waals surface area contributed by atoms with Gasteiger partial charge in [-0.05, 0) is 56.0 Å². The molecule has 2 atom stereocenters. The summed E-state index contributed by atoms with van der Waals surface area (Å²) in [4.78, 5) is 28.2. The molecule has 38 heavy (non-hydrogen) atoms. The van der Waals surface area contributed by atoms with Crippen LogP contribution >= 0.6 is 0 Å². The summed E-state index contributed by atoms with van der Waals surface area (Å²) in [6, 6.07) is 13.5. The molecule has 0 heterocycles. The molecule has 9 nitrogen and oxygen atoms in total. The summed E-state index contributed by atoms with van der Waals surface area (Å²) >= 11 is 0. The molecule has 0 saturated heterocycles. The second-order valence-electron chi connectivity index (χ2n) is 9.25. The van der Waals surface area contributed by atoms with Gasteiger partial charge in [-0.2, -0.15) is 0 Å². The zero-order chi connectivity index (χ0) is 28.3. The first-order valence-electron chi connectivity index (χ1n) is 12.9. The van der Waals surface area contributed by atoms with Crippen LogP contribution in [0.3, 0.4) is 0 Å². The minimum Gasteiger partial charge on any atom is -0.497 e. The molecule has 10 heteroatoms. The minimum atomic E-state index is -3.59. The highest BCUT2D eigenvalue weighted by molar-refractivity contribution is 7.92. The summed E-state index contributed by atoms with van der Waals surface area (Å²) in [6.45, 7) is 6.16. The summed E-state index contributed by atoms with van der Waals surface area (Å²) in [5, 5.41) is 2.99. The highest BCUT2D eigenvalue weighted by atomic mass is 32.2. The van der Waals surface area contributed by atoms with Crippen molar-refractivity contribution in [3.63, 3.8) is 0 Å². The predicted molar refractivity (Wildman–Crippen MR) is 150 cm³/mol. The molecule has 2 aromatic rings. The zero-order valence-electron chi connectivity index (χ0n) is 23.3. The highest BCUT2D eigenvalue weighted by Gasteiger charge is 2.29. The van der Waals surface area contributed by atoms with Gasteiger partial charge in [-0.1, -0.05) is 32.0 Å². The van der Waals surface area contributed by atoms with Crippen LogP contribution in [-0.2, 0) is 26.2 Å². The average Bonchev–Trinajstić information content (AvgIpc) is 2.90. The number of hydrogen-bond acceptors (Lipinski definition) is 6. The number of ether oxygens (including phenoxy) is 2. The lowest BCUT2D eigenvalue weighted by atomic mass is 10.1. The number of rotatable bonds is 15. The van der Waals surface area contributed by atoms with E-state index in [1.165, 1.54) is 11.4 Å². The molecular weight excluding hydrogens is 506 g/mol. The molecule has 0 unspecified atom stereocenters. The number of hydrogen-bond donors (Lipinski definition) is 1. The summed E-state index contributed by atoms with van der Waals surface area (Å²) < 4.78 is 36.8. The van der Waals surface area contributed by atoms with E-state index in [2.05, 4.69) is 5.32 Å². The van der Waals surface area contributed by atoms with Crippen molar-refractivity contribution in [1.29, 1.82) is 0 Å². The number of anilines is 1. The Morgan fingerprint density at radius 2 is 1.63 bits per heavy atom. The van der Waals surface area contributed by atoms with E-state index in [1.54, 1.807) is 36.3 Å². The Morgan fingerprint density at radius 3 is 2.18 bits per heavy atom. The van der Waals surface area contributed by atoms with Crippen LogP contribution in [0.25, 0.3) is 0 Å². The van der Waals surface area contributed by atoms with Crippen molar-refractivity contribution in [3.8, 4) is 11.5 Å². The van der Waals surface area contributed by atoms with Gasteiger partial charge >= 0.3 is 0 Å². The van der Waals surface area contributed by atoms with E-state index in [-0.39, 0.29) is 43.8 Å². The molecule has 0 aliphatic rings. The van der Waals surface area contributed by atoms with Gasteiger partial charge in [0.15, 0.2) is 0 Å². The van der Waals surface area contributed by atoms with E-state index < -0.39 is 16.1 Å². The van der Waals surface area contributed by atoms with Crippen molar-refractivity contribution >= 4 is 27.5 Å². The number of methoxy groups -OCH3 is 2. The van der Waals surface area contributed by atoms with Crippen molar-refractivity contribution in [2.45, 2.75) is 65.1 Å². The van der Waals surface area contributed by atoms with Gasteiger partial charge in [0.05, 0.1) is 26.2 Å². The molecule has 1 N–H and O–H groups in total. The molecule has 0 aliphatic carbocycles. The van der Waals surface area contributed by atoms with Gasteiger partial charge in [0, 0.05) is 31.6 Å². The third-order valence-electron chi connectivity index (χ3n) is 6.39. The molecule has 210 valence electrons. The fraction of sp³-hybridized carbons (Fsp3) is 0.500.